The summed E-state index contributed by atoms with van der Waals surface area (Å²) in [6.45, 7) is 3.39. The highest BCUT2D eigenvalue weighted by Gasteiger charge is 2.10. The number of aromatic nitrogens is 3. The third kappa shape index (κ3) is 1.11. The van der Waals surface area contributed by atoms with Gasteiger partial charge in [-0.25, -0.2) is 4.98 Å². The van der Waals surface area contributed by atoms with Gasteiger partial charge in [-0.2, -0.15) is 0 Å². The monoisotopic (exact) mass is 175 g/mol. The lowest BCUT2D eigenvalue weighted by Crippen LogP contribution is -1.95. The quantitative estimate of drug-likeness (QED) is 0.612. The van der Waals surface area contributed by atoms with E-state index >= 15 is 0 Å². The Kier molecular flexibility index (Phi) is 1.62. The predicted molar refractivity (Wildman–Crippen MR) is 47.7 cm³/mol. The van der Waals surface area contributed by atoms with Crippen molar-refractivity contribution in [3.8, 4) is 0 Å². The van der Waals surface area contributed by atoms with Crippen molar-refractivity contribution in [1.82, 2.24) is 14.4 Å². The van der Waals surface area contributed by atoms with Crippen LogP contribution in [-0.4, -0.2) is 20.2 Å². The molecule has 0 aliphatic heterocycles. The van der Waals surface area contributed by atoms with E-state index in [9.17, 15) is 4.79 Å². The second-order valence-electron chi connectivity index (χ2n) is 2.91. The van der Waals surface area contributed by atoms with Crippen molar-refractivity contribution >= 4 is 11.4 Å². The molecule has 0 aromatic carbocycles. The highest BCUT2D eigenvalue weighted by Crippen LogP contribution is 2.10. The Morgan fingerprint density at radius 2 is 2.31 bits per heavy atom. The van der Waals surface area contributed by atoms with Crippen LogP contribution in [-0.2, 0) is 0 Å². The average molecular weight is 175 g/mol. The van der Waals surface area contributed by atoms with Gasteiger partial charge in [0, 0.05) is 19.3 Å². The smallest absolute Gasteiger partial charge is 0.179 e. The van der Waals surface area contributed by atoms with E-state index in [0.29, 0.717) is 11.3 Å². The molecule has 0 fully saturated rings. The molecule has 0 radical (unpaired) electrons. The highest BCUT2D eigenvalue weighted by molar-refractivity contribution is 5.94. The van der Waals surface area contributed by atoms with Gasteiger partial charge in [-0.05, 0) is 6.92 Å². The molecular formula is C9H9N3O. The maximum Gasteiger partial charge on any atom is 0.179 e. The summed E-state index contributed by atoms with van der Waals surface area (Å²) in [5, 5.41) is 0. The standard InChI is InChI=1S/C9H9N3O/c1-6-9(7(2)13)11-8-5-10-3-4-12(6)8/h3-5H,1-2H3. The molecule has 0 aliphatic carbocycles. The van der Waals surface area contributed by atoms with Gasteiger partial charge in [0.15, 0.2) is 11.4 Å². The van der Waals surface area contributed by atoms with Crippen molar-refractivity contribution in [2.24, 2.45) is 0 Å². The van der Waals surface area contributed by atoms with Crippen LogP contribution in [0.1, 0.15) is 23.1 Å². The Labute approximate surface area is 75.2 Å². The van der Waals surface area contributed by atoms with Gasteiger partial charge in [-0.1, -0.05) is 0 Å². The zero-order valence-corrected chi connectivity index (χ0v) is 7.48. The Bertz CT molecular complexity index is 473. The summed E-state index contributed by atoms with van der Waals surface area (Å²) >= 11 is 0. The topological polar surface area (TPSA) is 47.3 Å². The summed E-state index contributed by atoms with van der Waals surface area (Å²) in [5.41, 5.74) is 2.10. The fourth-order valence-electron chi connectivity index (χ4n) is 1.36. The molecule has 0 spiro atoms. The second kappa shape index (κ2) is 2.65. The van der Waals surface area contributed by atoms with E-state index in [1.807, 2.05) is 11.3 Å². The molecule has 4 heteroatoms. The molecule has 0 unspecified atom stereocenters. The van der Waals surface area contributed by atoms with Crippen molar-refractivity contribution in [3.05, 3.63) is 30.0 Å². The molecule has 13 heavy (non-hydrogen) atoms. The van der Waals surface area contributed by atoms with Crippen LogP contribution in [0.4, 0.5) is 0 Å². The van der Waals surface area contributed by atoms with Crippen LogP contribution in [0.2, 0.25) is 0 Å². The summed E-state index contributed by atoms with van der Waals surface area (Å²) in [7, 11) is 0. The van der Waals surface area contributed by atoms with Crippen molar-refractivity contribution in [2.75, 3.05) is 0 Å². The van der Waals surface area contributed by atoms with E-state index in [1.165, 1.54) is 6.92 Å². The van der Waals surface area contributed by atoms with E-state index in [-0.39, 0.29) is 5.78 Å². The summed E-state index contributed by atoms with van der Waals surface area (Å²) in [4.78, 5) is 19.2. The third-order valence-corrected chi connectivity index (χ3v) is 2.00. The van der Waals surface area contributed by atoms with Gasteiger partial charge in [0.2, 0.25) is 0 Å². The first-order valence-electron chi connectivity index (χ1n) is 4.00. The van der Waals surface area contributed by atoms with Gasteiger partial charge in [-0.3, -0.25) is 9.78 Å². The summed E-state index contributed by atoms with van der Waals surface area (Å²) < 4.78 is 1.85. The Morgan fingerprint density at radius 3 is 2.92 bits per heavy atom. The van der Waals surface area contributed by atoms with Crippen LogP contribution >= 0.6 is 0 Å². The molecule has 4 nitrogen and oxygen atoms in total. The molecule has 0 atom stereocenters. The number of ketones is 1. The van der Waals surface area contributed by atoms with E-state index in [0.717, 1.165) is 5.69 Å². The highest BCUT2D eigenvalue weighted by atomic mass is 16.1. The fourth-order valence-corrected chi connectivity index (χ4v) is 1.36. The lowest BCUT2D eigenvalue weighted by molar-refractivity contribution is 0.101. The van der Waals surface area contributed by atoms with E-state index in [1.54, 1.807) is 18.6 Å². The largest absolute Gasteiger partial charge is 0.301 e. The number of carbonyl (C=O) groups is 1. The molecule has 66 valence electrons. The molecule has 2 aromatic rings. The van der Waals surface area contributed by atoms with Gasteiger partial charge >= 0.3 is 0 Å². The molecule has 0 N–H and O–H groups in total. The van der Waals surface area contributed by atoms with Gasteiger partial charge in [0.25, 0.3) is 0 Å². The van der Waals surface area contributed by atoms with Gasteiger partial charge in [0.05, 0.1) is 11.9 Å². The van der Waals surface area contributed by atoms with Crippen molar-refractivity contribution in [1.29, 1.82) is 0 Å². The van der Waals surface area contributed by atoms with Crippen molar-refractivity contribution in [2.45, 2.75) is 13.8 Å². The molecule has 0 saturated carbocycles. The molecular weight excluding hydrogens is 166 g/mol. The molecule has 2 aromatic heterocycles. The Morgan fingerprint density at radius 1 is 1.54 bits per heavy atom. The number of nitrogens with zero attached hydrogens (tertiary/aromatic N) is 3. The molecule has 0 amide bonds. The minimum Gasteiger partial charge on any atom is -0.301 e. The number of fused-ring (bicyclic) bond motifs is 1. The van der Waals surface area contributed by atoms with Gasteiger partial charge < -0.3 is 4.40 Å². The number of Topliss-reactive ketones (excluding diaryl/α,β-unsaturated/α-hetero) is 1. The van der Waals surface area contributed by atoms with Crippen LogP contribution in [0, 0.1) is 6.92 Å². The zero-order valence-electron chi connectivity index (χ0n) is 7.48. The number of carbonyl (C=O) groups excluding carboxylic acids is 1. The number of imidazole rings is 1. The van der Waals surface area contributed by atoms with Crippen LogP contribution in [0.3, 0.4) is 0 Å². The van der Waals surface area contributed by atoms with Crippen molar-refractivity contribution in [3.63, 3.8) is 0 Å². The van der Waals surface area contributed by atoms with Gasteiger partial charge in [-0.15, -0.1) is 0 Å². The van der Waals surface area contributed by atoms with Gasteiger partial charge in [0.1, 0.15) is 5.69 Å². The molecule has 0 saturated heterocycles. The van der Waals surface area contributed by atoms with Crippen LogP contribution in [0.15, 0.2) is 18.6 Å². The number of hydrogen-bond acceptors (Lipinski definition) is 3. The average Bonchev–Trinajstić information content (AvgIpc) is 2.45. The van der Waals surface area contributed by atoms with Crippen LogP contribution < -0.4 is 0 Å². The SMILES string of the molecule is CC(=O)c1nc2cnccn2c1C. The van der Waals surface area contributed by atoms with E-state index in [4.69, 9.17) is 0 Å². The summed E-state index contributed by atoms with van der Waals surface area (Å²) in [6.07, 6.45) is 5.11. The fraction of sp³-hybridized carbons (Fsp3) is 0.222. The normalized spacial score (nSPS) is 10.6. The van der Waals surface area contributed by atoms with E-state index in [2.05, 4.69) is 9.97 Å². The molecule has 0 aliphatic rings. The van der Waals surface area contributed by atoms with Crippen LogP contribution in [0.25, 0.3) is 5.65 Å². The Balaban J connectivity index is 2.81. The first kappa shape index (κ1) is 7.91. The number of rotatable bonds is 1. The van der Waals surface area contributed by atoms with Crippen molar-refractivity contribution < 1.29 is 4.79 Å². The first-order chi connectivity index (χ1) is 6.20. The molecule has 2 heterocycles. The Hall–Kier alpha value is -1.71. The summed E-state index contributed by atoms with van der Waals surface area (Å²) in [6, 6.07) is 0. The third-order valence-electron chi connectivity index (χ3n) is 2.00. The van der Waals surface area contributed by atoms with Crippen LogP contribution in [0.5, 0.6) is 0 Å². The molecule has 2 rings (SSSR count). The lowest BCUT2D eigenvalue weighted by Gasteiger charge is -1.93. The maximum absolute atomic E-state index is 11.1. The second-order valence-corrected chi connectivity index (χ2v) is 2.91. The molecule has 0 bridgehead atoms. The van der Waals surface area contributed by atoms with E-state index < -0.39 is 0 Å². The summed E-state index contributed by atoms with van der Waals surface area (Å²) in [5.74, 6) is -0.0128. The minimum absolute atomic E-state index is 0.0128. The lowest BCUT2D eigenvalue weighted by atomic mass is 10.3. The number of hydrogen-bond donors (Lipinski definition) is 0. The number of aryl methyl sites for hydroxylation is 1. The zero-order chi connectivity index (χ0) is 9.42. The first-order valence-corrected chi connectivity index (χ1v) is 4.00. The maximum atomic E-state index is 11.1. The predicted octanol–water partition coefficient (Wildman–Crippen LogP) is 1.24. The minimum atomic E-state index is -0.0128.